The molecule has 8 heteroatoms. The Morgan fingerprint density at radius 3 is 2.41 bits per heavy atom. The van der Waals surface area contributed by atoms with Gasteiger partial charge in [0.2, 0.25) is 0 Å². The van der Waals surface area contributed by atoms with Gasteiger partial charge in [-0.05, 0) is 50.2 Å². The highest BCUT2D eigenvalue weighted by atomic mass is 35.5. The molecule has 0 bridgehead atoms. The summed E-state index contributed by atoms with van der Waals surface area (Å²) < 4.78 is 5.18. The number of methoxy groups -OCH3 is 1. The zero-order valence-electron chi connectivity index (χ0n) is 15.0. The van der Waals surface area contributed by atoms with Gasteiger partial charge in [0.25, 0.3) is 11.8 Å². The number of carbonyl (C=O) groups excluding carboxylic acids is 3. The lowest BCUT2D eigenvalue weighted by atomic mass is 10.1. The fourth-order valence-electron chi connectivity index (χ4n) is 2.87. The molecule has 0 fully saturated rings. The zero-order chi connectivity index (χ0) is 19.7. The van der Waals surface area contributed by atoms with Crippen LogP contribution in [0.1, 0.15) is 34.6 Å². The number of benzene rings is 2. The van der Waals surface area contributed by atoms with Crippen molar-refractivity contribution in [3.05, 3.63) is 52.5 Å². The zero-order valence-corrected chi connectivity index (χ0v) is 15.8. The van der Waals surface area contributed by atoms with E-state index in [0.29, 0.717) is 27.7 Å². The molecule has 2 aromatic carbocycles. The summed E-state index contributed by atoms with van der Waals surface area (Å²) in [5.74, 6) is -0.243. The van der Waals surface area contributed by atoms with E-state index < -0.39 is 6.03 Å². The number of nitrogens with one attached hydrogen (secondary N) is 2. The minimum Gasteiger partial charge on any atom is -0.495 e. The Hall–Kier alpha value is -3.06. The van der Waals surface area contributed by atoms with Crippen LogP contribution in [0.3, 0.4) is 0 Å². The molecule has 4 amide bonds. The molecule has 0 saturated carbocycles. The first-order chi connectivity index (χ1) is 12.8. The van der Waals surface area contributed by atoms with Crippen LogP contribution in [-0.4, -0.2) is 35.9 Å². The van der Waals surface area contributed by atoms with Crippen molar-refractivity contribution in [2.24, 2.45) is 0 Å². The number of urea groups is 1. The van der Waals surface area contributed by atoms with Crippen molar-refractivity contribution in [1.29, 1.82) is 0 Å². The van der Waals surface area contributed by atoms with Gasteiger partial charge in [-0.3, -0.25) is 14.5 Å². The van der Waals surface area contributed by atoms with Gasteiger partial charge in [0.1, 0.15) is 5.75 Å². The normalized spacial score (nSPS) is 13.0. The molecule has 0 spiro atoms. The molecule has 27 heavy (non-hydrogen) atoms. The first-order valence-electron chi connectivity index (χ1n) is 8.25. The summed E-state index contributed by atoms with van der Waals surface area (Å²) in [6.45, 7) is 3.54. The molecular formula is C19H18ClN3O4. The number of nitrogens with zero attached hydrogens (tertiary/aromatic N) is 1. The minimum atomic E-state index is -0.534. The number of carbonyl (C=O) groups is 3. The number of ether oxygens (including phenoxy) is 1. The molecule has 0 radical (unpaired) electrons. The van der Waals surface area contributed by atoms with Gasteiger partial charge in [-0.1, -0.05) is 11.6 Å². The molecule has 0 aromatic heterocycles. The maximum Gasteiger partial charge on any atom is 0.323 e. The number of rotatable bonds is 4. The van der Waals surface area contributed by atoms with Crippen LogP contribution >= 0.6 is 11.6 Å². The number of anilines is 2. The Bertz CT molecular complexity index is 943. The van der Waals surface area contributed by atoms with Gasteiger partial charge in [0.15, 0.2) is 0 Å². The van der Waals surface area contributed by atoms with Crippen LogP contribution in [0.4, 0.5) is 16.2 Å². The second-order valence-electron chi connectivity index (χ2n) is 6.26. The van der Waals surface area contributed by atoms with Gasteiger partial charge in [0, 0.05) is 16.8 Å². The van der Waals surface area contributed by atoms with Gasteiger partial charge >= 0.3 is 6.03 Å². The van der Waals surface area contributed by atoms with Crippen molar-refractivity contribution < 1.29 is 19.1 Å². The van der Waals surface area contributed by atoms with E-state index in [0.717, 1.165) is 0 Å². The van der Waals surface area contributed by atoms with Crippen LogP contribution in [0.25, 0.3) is 0 Å². The molecule has 1 aliphatic rings. The number of hydrogen-bond donors (Lipinski definition) is 2. The van der Waals surface area contributed by atoms with E-state index in [1.54, 1.807) is 38.1 Å². The van der Waals surface area contributed by atoms with Crippen molar-refractivity contribution in [1.82, 2.24) is 4.90 Å². The lowest BCUT2D eigenvalue weighted by molar-refractivity contribution is 0.0609. The lowest BCUT2D eigenvalue weighted by Crippen LogP contribution is -2.35. The van der Waals surface area contributed by atoms with Crippen molar-refractivity contribution in [3.63, 3.8) is 0 Å². The number of amides is 4. The summed E-state index contributed by atoms with van der Waals surface area (Å²) in [6.07, 6.45) is 0. The van der Waals surface area contributed by atoms with Crippen LogP contribution in [0.5, 0.6) is 5.75 Å². The van der Waals surface area contributed by atoms with Crippen LogP contribution in [0.2, 0.25) is 5.02 Å². The monoisotopic (exact) mass is 387 g/mol. The molecule has 0 aliphatic carbocycles. The van der Waals surface area contributed by atoms with Crippen LogP contribution in [-0.2, 0) is 0 Å². The molecule has 0 unspecified atom stereocenters. The highest BCUT2D eigenvalue weighted by molar-refractivity contribution is 6.31. The van der Waals surface area contributed by atoms with E-state index in [-0.39, 0.29) is 23.4 Å². The van der Waals surface area contributed by atoms with E-state index in [2.05, 4.69) is 10.6 Å². The van der Waals surface area contributed by atoms with E-state index >= 15 is 0 Å². The van der Waals surface area contributed by atoms with E-state index in [1.165, 1.54) is 24.1 Å². The van der Waals surface area contributed by atoms with Crippen molar-refractivity contribution in [2.75, 3.05) is 17.7 Å². The first-order valence-corrected chi connectivity index (χ1v) is 8.63. The highest BCUT2D eigenvalue weighted by Crippen LogP contribution is 2.29. The molecule has 1 aliphatic heterocycles. The molecule has 3 rings (SSSR count). The van der Waals surface area contributed by atoms with Gasteiger partial charge < -0.3 is 15.4 Å². The number of imide groups is 1. The van der Waals surface area contributed by atoms with E-state index in [9.17, 15) is 14.4 Å². The molecule has 0 atom stereocenters. The third-order valence-corrected chi connectivity index (χ3v) is 4.34. The van der Waals surface area contributed by atoms with E-state index in [4.69, 9.17) is 16.3 Å². The van der Waals surface area contributed by atoms with Crippen molar-refractivity contribution in [3.8, 4) is 5.75 Å². The third-order valence-electron chi connectivity index (χ3n) is 4.10. The Kier molecular flexibility index (Phi) is 5.05. The largest absolute Gasteiger partial charge is 0.495 e. The molecular weight excluding hydrogens is 370 g/mol. The average molecular weight is 388 g/mol. The summed E-state index contributed by atoms with van der Waals surface area (Å²) in [5.41, 5.74) is 1.39. The van der Waals surface area contributed by atoms with Gasteiger partial charge in [0.05, 0.1) is 23.9 Å². The Balaban J connectivity index is 1.79. The molecule has 7 nitrogen and oxygen atoms in total. The maximum absolute atomic E-state index is 12.4. The molecule has 140 valence electrons. The predicted octanol–water partition coefficient (Wildman–Crippen LogP) is 4.00. The number of halogens is 1. The van der Waals surface area contributed by atoms with Crippen molar-refractivity contribution in [2.45, 2.75) is 19.9 Å². The van der Waals surface area contributed by atoms with Gasteiger partial charge in [-0.25, -0.2) is 4.79 Å². The molecule has 2 N–H and O–H groups in total. The first kappa shape index (κ1) is 18.7. The summed E-state index contributed by atoms with van der Waals surface area (Å²) in [4.78, 5) is 38.2. The number of fused-ring (bicyclic) bond motifs is 1. The Labute approximate surface area is 161 Å². The summed E-state index contributed by atoms with van der Waals surface area (Å²) in [5, 5.41) is 5.73. The molecule has 2 aromatic rings. The van der Waals surface area contributed by atoms with Crippen LogP contribution in [0, 0.1) is 0 Å². The second-order valence-corrected chi connectivity index (χ2v) is 6.69. The quantitative estimate of drug-likeness (QED) is 0.776. The third kappa shape index (κ3) is 3.59. The topological polar surface area (TPSA) is 87.7 Å². The van der Waals surface area contributed by atoms with Gasteiger partial charge in [-0.2, -0.15) is 0 Å². The van der Waals surface area contributed by atoms with Gasteiger partial charge in [-0.15, -0.1) is 0 Å². The standard InChI is InChI=1S/C19H18ClN3O4/c1-10(2)23-17(24)13-6-5-12(9-14(13)18(23)25)21-19(26)22-15-8-11(20)4-7-16(15)27-3/h4-10H,1-3H3,(H2,21,22,26). The van der Waals surface area contributed by atoms with Crippen molar-refractivity contribution >= 4 is 40.8 Å². The number of hydrogen-bond acceptors (Lipinski definition) is 4. The lowest BCUT2D eigenvalue weighted by Gasteiger charge is -2.17. The van der Waals surface area contributed by atoms with E-state index in [1.807, 2.05) is 0 Å². The fourth-order valence-corrected chi connectivity index (χ4v) is 3.04. The summed E-state index contributed by atoms with van der Waals surface area (Å²) >= 11 is 5.95. The average Bonchev–Trinajstić information content (AvgIpc) is 2.85. The Morgan fingerprint density at radius 2 is 1.74 bits per heavy atom. The van der Waals surface area contributed by atoms with Crippen LogP contribution < -0.4 is 15.4 Å². The predicted molar refractivity (Wildman–Crippen MR) is 103 cm³/mol. The minimum absolute atomic E-state index is 0.243. The maximum atomic E-state index is 12.4. The van der Waals surface area contributed by atoms with Crippen LogP contribution in [0.15, 0.2) is 36.4 Å². The molecule has 1 heterocycles. The smallest absolute Gasteiger partial charge is 0.323 e. The SMILES string of the molecule is COc1ccc(Cl)cc1NC(=O)Nc1ccc2c(c1)C(=O)N(C(C)C)C2=O. The second kappa shape index (κ2) is 7.28. The summed E-state index contributed by atoms with van der Waals surface area (Å²) in [7, 11) is 1.48. The summed E-state index contributed by atoms with van der Waals surface area (Å²) in [6, 6.07) is 8.67. The fraction of sp³-hybridized carbons (Fsp3) is 0.211. The Morgan fingerprint density at radius 1 is 1.04 bits per heavy atom. The highest BCUT2D eigenvalue weighted by Gasteiger charge is 2.37. The molecule has 0 saturated heterocycles.